The number of hydrogen-bond donors (Lipinski definition) is 0. The number of carbonyl (C=O) groups is 1. The van der Waals surface area contributed by atoms with Crippen LogP contribution in [-0.2, 0) is 10.2 Å². The first-order chi connectivity index (χ1) is 9.75. The third-order valence-electron chi connectivity index (χ3n) is 6.16. The van der Waals surface area contributed by atoms with Gasteiger partial charge in [-0.15, -0.1) is 0 Å². The monoisotopic (exact) mass is 269 g/mol. The van der Waals surface area contributed by atoms with Crippen molar-refractivity contribution in [2.75, 3.05) is 13.1 Å². The van der Waals surface area contributed by atoms with Crippen LogP contribution < -0.4 is 0 Å². The van der Waals surface area contributed by atoms with Crippen molar-refractivity contribution in [2.45, 2.75) is 55.9 Å². The summed E-state index contributed by atoms with van der Waals surface area (Å²) in [6.07, 6.45) is 7.99. The van der Waals surface area contributed by atoms with Gasteiger partial charge in [0.05, 0.1) is 5.41 Å². The molecule has 4 aliphatic rings. The Labute approximate surface area is 121 Å². The zero-order valence-electron chi connectivity index (χ0n) is 12.1. The molecule has 1 saturated heterocycles. The molecule has 1 aliphatic heterocycles. The molecule has 1 aromatic carbocycles. The van der Waals surface area contributed by atoms with Crippen molar-refractivity contribution in [2.24, 2.45) is 0 Å². The lowest BCUT2D eigenvalue weighted by Gasteiger charge is -2.56. The fourth-order valence-electron chi connectivity index (χ4n) is 4.89. The zero-order chi connectivity index (χ0) is 13.6. The molecule has 0 radical (unpaired) electrons. The van der Waals surface area contributed by atoms with Crippen LogP contribution in [0.25, 0.3) is 0 Å². The van der Waals surface area contributed by atoms with Crippen LogP contribution in [0.3, 0.4) is 0 Å². The summed E-state index contributed by atoms with van der Waals surface area (Å²) in [7, 11) is 0. The van der Waals surface area contributed by atoms with Gasteiger partial charge < -0.3 is 0 Å². The Kier molecular flexibility index (Phi) is 2.78. The number of rotatable bonds is 2. The molecule has 0 unspecified atom stereocenters. The molecule has 2 bridgehead atoms. The minimum absolute atomic E-state index is 0.150. The van der Waals surface area contributed by atoms with E-state index in [0.29, 0.717) is 5.78 Å². The van der Waals surface area contributed by atoms with Crippen molar-refractivity contribution in [3.05, 3.63) is 35.9 Å². The number of ketones is 1. The predicted molar refractivity (Wildman–Crippen MR) is 79.8 cm³/mol. The molecule has 1 aromatic rings. The van der Waals surface area contributed by atoms with Crippen molar-refractivity contribution in [3.63, 3.8) is 0 Å². The maximum atomic E-state index is 12.9. The van der Waals surface area contributed by atoms with E-state index in [1.807, 2.05) is 6.07 Å². The first-order valence-corrected chi connectivity index (χ1v) is 8.09. The second-order valence-corrected chi connectivity index (χ2v) is 6.97. The van der Waals surface area contributed by atoms with E-state index in [4.69, 9.17) is 0 Å². The summed E-state index contributed by atoms with van der Waals surface area (Å²) < 4.78 is 0. The largest absolute Gasteiger partial charge is 0.299 e. The molecule has 0 aromatic heterocycles. The van der Waals surface area contributed by atoms with Crippen LogP contribution in [0.2, 0.25) is 0 Å². The van der Waals surface area contributed by atoms with E-state index in [2.05, 4.69) is 29.2 Å². The Morgan fingerprint density at radius 1 is 0.900 bits per heavy atom. The van der Waals surface area contributed by atoms with Crippen molar-refractivity contribution in [3.8, 4) is 0 Å². The van der Waals surface area contributed by atoms with E-state index in [0.717, 1.165) is 19.3 Å². The third-order valence-corrected chi connectivity index (χ3v) is 6.16. The highest BCUT2D eigenvalue weighted by Crippen LogP contribution is 2.54. The van der Waals surface area contributed by atoms with Crippen LogP contribution in [0.5, 0.6) is 0 Å². The summed E-state index contributed by atoms with van der Waals surface area (Å²) in [5.41, 5.74) is 1.34. The van der Waals surface area contributed by atoms with Crippen molar-refractivity contribution >= 4 is 5.78 Å². The highest BCUT2D eigenvalue weighted by atomic mass is 16.1. The minimum Gasteiger partial charge on any atom is -0.299 e. The van der Waals surface area contributed by atoms with Crippen LogP contribution in [0.15, 0.2) is 30.3 Å². The van der Waals surface area contributed by atoms with Gasteiger partial charge in [0.1, 0.15) is 5.78 Å². The quantitative estimate of drug-likeness (QED) is 0.821. The lowest BCUT2D eigenvalue weighted by Crippen LogP contribution is -2.61. The number of hydrogen-bond acceptors (Lipinski definition) is 2. The molecule has 0 atom stereocenters. The van der Waals surface area contributed by atoms with Gasteiger partial charge in [-0.2, -0.15) is 0 Å². The normalized spacial score (nSPS) is 37.5. The topological polar surface area (TPSA) is 20.3 Å². The second-order valence-electron chi connectivity index (χ2n) is 6.97. The van der Waals surface area contributed by atoms with E-state index >= 15 is 0 Å². The summed E-state index contributed by atoms with van der Waals surface area (Å²) in [6, 6.07) is 10.5. The molecule has 2 nitrogen and oxygen atoms in total. The molecule has 20 heavy (non-hydrogen) atoms. The highest BCUT2D eigenvalue weighted by Gasteiger charge is 2.56. The Morgan fingerprint density at radius 2 is 1.55 bits per heavy atom. The lowest BCUT2D eigenvalue weighted by atomic mass is 9.54. The fourth-order valence-corrected chi connectivity index (χ4v) is 4.89. The molecule has 0 N–H and O–H groups in total. The van der Waals surface area contributed by atoms with Crippen LogP contribution in [-0.4, -0.2) is 29.3 Å². The molecule has 106 valence electrons. The van der Waals surface area contributed by atoms with E-state index < -0.39 is 0 Å². The van der Waals surface area contributed by atoms with Gasteiger partial charge in [-0.3, -0.25) is 9.69 Å². The number of benzene rings is 1. The van der Waals surface area contributed by atoms with Crippen molar-refractivity contribution < 1.29 is 4.79 Å². The maximum Gasteiger partial charge on any atom is 0.145 e. The van der Waals surface area contributed by atoms with E-state index in [1.165, 1.54) is 44.3 Å². The van der Waals surface area contributed by atoms with Crippen molar-refractivity contribution in [1.29, 1.82) is 0 Å². The number of fused-ring (bicyclic) bond motifs is 3. The Bertz CT molecular complexity index is 507. The first kappa shape index (κ1) is 12.6. The zero-order valence-corrected chi connectivity index (χ0v) is 12.1. The third kappa shape index (κ3) is 1.64. The fraction of sp³-hybridized carbons (Fsp3) is 0.611. The SMILES string of the molecule is O=C1CC2(N3CCCC3)CCC1(c1ccccc1)CC2. The molecule has 0 spiro atoms. The summed E-state index contributed by atoms with van der Waals surface area (Å²) in [6.45, 7) is 2.43. The van der Waals surface area contributed by atoms with Crippen molar-refractivity contribution in [1.82, 2.24) is 4.90 Å². The van der Waals surface area contributed by atoms with Crippen LogP contribution >= 0.6 is 0 Å². The average Bonchev–Trinajstić information content (AvgIpc) is 3.04. The second kappa shape index (κ2) is 4.42. The summed E-state index contributed by atoms with van der Waals surface area (Å²) in [5.74, 6) is 0.508. The smallest absolute Gasteiger partial charge is 0.145 e. The van der Waals surface area contributed by atoms with E-state index in [1.54, 1.807) is 0 Å². The van der Waals surface area contributed by atoms with Gasteiger partial charge in [0, 0.05) is 12.0 Å². The van der Waals surface area contributed by atoms with Gasteiger partial charge in [0.15, 0.2) is 0 Å². The molecular weight excluding hydrogens is 246 g/mol. The van der Waals surface area contributed by atoms with Gasteiger partial charge >= 0.3 is 0 Å². The van der Waals surface area contributed by atoms with Crippen LogP contribution in [0, 0.1) is 0 Å². The molecule has 0 amide bonds. The number of carbonyl (C=O) groups excluding carboxylic acids is 1. The lowest BCUT2D eigenvalue weighted by molar-refractivity contribution is -0.138. The summed E-state index contributed by atoms with van der Waals surface area (Å²) >= 11 is 0. The molecular formula is C18H23NO. The van der Waals surface area contributed by atoms with Crippen LogP contribution in [0.4, 0.5) is 0 Å². The van der Waals surface area contributed by atoms with Gasteiger partial charge in [0.2, 0.25) is 0 Å². The Morgan fingerprint density at radius 3 is 2.15 bits per heavy atom. The average molecular weight is 269 g/mol. The molecule has 5 rings (SSSR count). The highest BCUT2D eigenvalue weighted by molar-refractivity contribution is 5.93. The number of Topliss-reactive ketones (excluding diaryl/α,β-unsaturated/α-hetero) is 1. The van der Waals surface area contributed by atoms with Gasteiger partial charge in [-0.1, -0.05) is 30.3 Å². The minimum atomic E-state index is -0.150. The van der Waals surface area contributed by atoms with E-state index in [9.17, 15) is 4.79 Å². The first-order valence-electron chi connectivity index (χ1n) is 8.09. The van der Waals surface area contributed by atoms with E-state index in [-0.39, 0.29) is 11.0 Å². The number of nitrogens with zero attached hydrogens (tertiary/aromatic N) is 1. The molecule has 4 fully saturated rings. The molecule has 3 aliphatic carbocycles. The summed E-state index contributed by atoms with van der Waals surface area (Å²) in [5, 5.41) is 0. The predicted octanol–water partition coefficient (Wildman–Crippen LogP) is 3.31. The van der Waals surface area contributed by atoms with Crippen LogP contribution in [0.1, 0.15) is 50.5 Å². The molecule has 3 saturated carbocycles. The van der Waals surface area contributed by atoms with Gasteiger partial charge in [-0.05, 0) is 57.2 Å². The Hall–Kier alpha value is -1.15. The Balaban J connectivity index is 1.65. The summed E-state index contributed by atoms with van der Waals surface area (Å²) in [4.78, 5) is 15.6. The molecule has 2 heteroatoms. The van der Waals surface area contributed by atoms with Gasteiger partial charge in [-0.25, -0.2) is 0 Å². The maximum absolute atomic E-state index is 12.9. The standard InChI is InChI=1S/C18H23NO/c20-16-14-17(19-12-4-5-13-19)8-10-18(16,11-9-17)15-6-2-1-3-7-15/h1-3,6-7H,4-5,8-14H2. The number of likely N-dealkylation sites (tertiary alicyclic amines) is 1. The molecule has 1 heterocycles. The van der Waals surface area contributed by atoms with Gasteiger partial charge in [0.25, 0.3) is 0 Å².